The Hall–Kier alpha value is -2.63. The fourth-order valence-corrected chi connectivity index (χ4v) is 1.75. The third-order valence-corrected chi connectivity index (χ3v) is 2.72. The van der Waals surface area contributed by atoms with Crippen molar-refractivity contribution in [2.75, 3.05) is 6.61 Å². The van der Waals surface area contributed by atoms with Gasteiger partial charge in [0.1, 0.15) is 13.2 Å². The Morgan fingerprint density at radius 2 is 1.95 bits per heavy atom. The van der Waals surface area contributed by atoms with Gasteiger partial charge in [-0.2, -0.15) is 0 Å². The summed E-state index contributed by atoms with van der Waals surface area (Å²) in [6.45, 7) is 2.08. The molecule has 0 aliphatic heterocycles. The average Bonchev–Trinajstić information content (AvgIpc) is 2.95. The summed E-state index contributed by atoms with van der Waals surface area (Å²) in [6.07, 6.45) is 2.98. The summed E-state index contributed by atoms with van der Waals surface area (Å²) in [4.78, 5) is 27.3. The molecule has 2 rings (SSSR count). The first-order valence-corrected chi connectivity index (χ1v) is 6.58. The summed E-state index contributed by atoms with van der Waals surface area (Å²) in [6, 6.07) is 9.38. The Morgan fingerprint density at radius 1 is 1.19 bits per heavy atom. The van der Waals surface area contributed by atoms with Crippen molar-refractivity contribution in [1.82, 2.24) is 9.55 Å². The van der Waals surface area contributed by atoms with Crippen LogP contribution in [0.3, 0.4) is 0 Å². The molecule has 0 saturated heterocycles. The largest absolute Gasteiger partial charge is 0.460 e. The van der Waals surface area contributed by atoms with Crippen LogP contribution in [0.4, 0.5) is 0 Å². The van der Waals surface area contributed by atoms with E-state index in [0.717, 1.165) is 5.56 Å². The predicted molar refractivity (Wildman–Crippen MR) is 74.4 cm³/mol. The zero-order valence-electron chi connectivity index (χ0n) is 11.7. The normalized spacial score (nSPS) is 10.1. The second-order valence-electron chi connectivity index (χ2n) is 4.25. The van der Waals surface area contributed by atoms with E-state index < -0.39 is 11.9 Å². The molecule has 2 aromatic rings. The highest BCUT2D eigenvalue weighted by molar-refractivity contribution is 5.86. The molecule has 0 atom stereocenters. The highest BCUT2D eigenvalue weighted by Crippen LogP contribution is 2.04. The predicted octanol–water partition coefficient (Wildman–Crippen LogP) is 1.80. The van der Waals surface area contributed by atoms with Crippen LogP contribution in [0.25, 0.3) is 0 Å². The van der Waals surface area contributed by atoms with E-state index in [2.05, 4.69) is 4.98 Å². The van der Waals surface area contributed by atoms with E-state index in [9.17, 15) is 9.59 Å². The Labute approximate surface area is 122 Å². The molecule has 1 aromatic carbocycles. The van der Waals surface area contributed by atoms with Crippen molar-refractivity contribution in [3.8, 4) is 0 Å². The molecule has 6 heteroatoms. The standard InChI is InChI=1S/C15H16N2O4/c1-2-20-15(19)14-16-8-9-17(14)10-13(18)21-11-12-6-4-3-5-7-12/h3-9H,2,10-11H2,1H3. The van der Waals surface area contributed by atoms with E-state index in [4.69, 9.17) is 9.47 Å². The van der Waals surface area contributed by atoms with Gasteiger partial charge in [-0.1, -0.05) is 30.3 Å². The molecule has 0 N–H and O–H groups in total. The van der Waals surface area contributed by atoms with Crippen LogP contribution in [0.2, 0.25) is 0 Å². The minimum Gasteiger partial charge on any atom is -0.460 e. The molecule has 1 aromatic heterocycles. The van der Waals surface area contributed by atoms with Gasteiger partial charge in [-0.25, -0.2) is 9.78 Å². The molecule has 0 radical (unpaired) electrons. The van der Waals surface area contributed by atoms with Crippen molar-refractivity contribution in [2.45, 2.75) is 20.1 Å². The van der Waals surface area contributed by atoms with Crippen LogP contribution in [0, 0.1) is 0 Å². The van der Waals surface area contributed by atoms with Crippen molar-refractivity contribution in [1.29, 1.82) is 0 Å². The summed E-state index contributed by atoms with van der Waals surface area (Å²) in [7, 11) is 0. The number of hydrogen-bond acceptors (Lipinski definition) is 5. The van der Waals surface area contributed by atoms with Crippen LogP contribution < -0.4 is 0 Å². The lowest BCUT2D eigenvalue weighted by Crippen LogP contribution is -2.19. The van der Waals surface area contributed by atoms with E-state index in [0.29, 0.717) is 0 Å². The van der Waals surface area contributed by atoms with Crippen LogP contribution in [0.1, 0.15) is 23.1 Å². The quantitative estimate of drug-likeness (QED) is 0.758. The summed E-state index contributed by atoms with van der Waals surface area (Å²) in [5.41, 5.74) is 0.905. The number of nitrogens with zero attached hydrogens (tertiary/aromatic N) is 2. The fraction of sp³-hybridized carbons (Fsp3) is 0.267. The molecule has 0 fully saturated rings. The minimum atomic E-state index is -0.557. The molecular weight excluding hydrogens is 272 g/mol. The third-order valence-electron chi connectivity index (χ3n) is 2.72. The number of aromatic nitrogens is 2. The first-order valence-electron chi connectivity index (χ1n) is 6.58. The van der Waals surface area contributed by atoms with E-state index in [-0.39, 0.29) is 25.6 Å². The second kappa shape index (κ2) is 7.23. The highest BCUT2D eigenvalue weighted by Gasteiger charge is 2.16. The zero-order valence-corrected chi connectivity index (χ0v) is 11.7. The molecule has 0 saturated carbocycles. The van der Waals surface area contributed by atoms with Gasteiger partial charge >= 0.3 is 11.9 Å². The fourth-order valence-electron chi connectivity index (χ4n) is 1.75. The van der Waals surface area contributed by atoms with Gasteiger partial charge in [-0.3, -0.25) is 4.79 Å². The third kappa shape index (κ3) is 4.17. The van der Waals surface area contributed by atoms with E-state index >= 15 is 0 Å². The topological polar surface area (TPSA) is 70.4 Å². The van der Waals surface area contributed by atoms with Crippen molar-refractivity contribution < 1.29 is 19.1 Å². The number of ether oxygens (including phenoxy) is 2. The Balaban J connectivity index is 1.91. The summed E-state index contributed by atoms with van der Waals surface area (Å²) in [5.74, 6) is -0.908. The molecule has 0 aliphatic carbocycles. The first kappa shape index (κ1) is 14.8. The minimum absolute atomic E-state index is 0.0824. The van der Waals surface area contributed by atoms with Gasteiger partial charge in [-0.05, 0) is 12.5 Å². The lowest BCUT2D eigenvalue weighted by Gasteiger charge is -2.08. The second-order valence-corrected chi connectivity index (χ2v) is 4.25. The number of carbonyl (C=O) groups is 2. The molecule has 110 valence electrons. The van der Waals surface area contributed by atoms with Crippen molar-refractivity contribution >= 4 is 11.9 Å². The SMILES string of the molecule is CCOC(=O)c1nccn1CC(=O)OCc1ccccc1. The van der Waals surface area contributed by atoms with Gasteiger partial charge in [-0.15, -0.1) is 0 Å². The van der Waals surface area contributed by atoms with Gasteiger partial charge in [0.2, 0.25) is 5.82 Å². The molecule has 0 amide bonds. The Bertz CT molecular complexity index is 607. The van der Waals surface area contributed by atoms with E-state index in [1.54, 1.807) is 6.92 Å². The lowest BCUT2D eigenvalue weighted by atomic mass is 10.2. The van der Waals surface area contributed by atoms with Crippen LogP contribution in [0.15, 0.2) is 42.7 Å². The van der Waals surface area contributed by atoms with Crippen LogP contribution in [0.5, 0.6) is 0 Å². The van der Waals surface area contributed by atoms with Gasteiger partial charge in [0.25, 0.3) is 0 Å². The van der Waals surface area contributed by atoms with Gasteiger partial charge in [0.05, 0.1) is 6.61 Å². The maximum Gasteiger partial charge on any atom is 0.374 e. The van der Waals surface area contributed by atoms with Crippen LogP contribution >= 0.6 is 0 Å². The van der Waals surface area contributed by atoms with Crippen molar-refractivity contribution in [2.24, 2.45) is 0 Å². The lowest BCUT2D eigenvalue weighted by molar-refractivity contribution is -0.145. The molecule has 0 aliphatic rings. The molecule has 0 bridgehead atoms. The number of carbonyl (C=O) groups excluding carboxylic acids is 2. The average molecular weight is 288 g/mol. The summed E-state index contributed by atoms with van der Waals surface area (Å²) >= 11 is 0. The first-order chi connectivity index (χ1) is 10.2. The van der Waals surface area contributed by atoms with E-state index in [1.807, 2.05) is 30.3 Å². The van der Waals surface area contributed by atoms with Crippen LogP contribution in [-0.2, 0) is 27.4 Å². The van der Waals surface area contributed by atoms with Gasteiger partial charge < -0.3 is 14.0 Å². The van der Waals surface area contributed by atoms with Crippen molar-refractivity contribution in [3.63, 3.8) is 0 Å². The molecule has 1 heterocycles. The molecule has 21 heavy (non-hydrogen) atoms. The number of benzene rings is 1. The van der Waals surface area contributed by atoms with Crippen molar-refractivity contribution in [3.05, 3.63) is 54.1 Å². The molecule has 0 unspecified atom stereocenters. The Morgan fingerprint density at radius 3 is 2.67 bits per heavy atom. The number of rotatable bonds is 6. The summed E-state index contributed by atoms with van der Waals surface area (Å²) in [5, 5.41) is 0. The number of imidazole rings is 1. The van der Waals surface area contributed by atoms with Crippen LogP contribution in [-0.4, -0.2) is 28.1 Å². The number of hydrogen-bond donors (Lipinski definition) is 0. The van der Waals surface area contributed by atoms with E-state index in [1.165, 1.54) is 17.0 Å². The molecule has 6 nitrogen and oxygen atoms in total. The molecule has 0 spiro atoms. The van der Waals surface area contributed by atoms with Gasteiger partial charge in [0, 0.05) is 12.4 Å². The van der Waals surface area contributed by atoms with Gasteiger partial charge in [0.15, 0.2) is 0 Å². The highest BCUT2D eigenvalue weighted by atomic mass is 16.5. The number of esters is 2. The monoisotopic (exact) mass is 288 g/mol. The Kier molecular flexibility index (Phi) is 5.09. The summed E-state index contributed by atoms with van der Waals surface area (Å²) < 4.78 is 11.4. The molecular formula is C15H16N2O4. The zero-order chi connectivity index (χ0) is 15.1. The maximum atomic E-state index is 11.8. The maximum absolute atomic E-state index is 11.8. The smallest absolute Gasteiger partial charge is 0.374 e.